The maximum Gasteiger partial charge on any atom is 0.431 e. The lowest BCUT2D eigenvalue weighted by atomic mass is 10.0. The van der Waals surface area contributed by atoms with E-state index in [1.165, 1.54) is 18.2 Å². The number of aromatic amines is 1. The molecule has 0 aliphatic carbocycles. The second kappa shape index (κ2) is 4.77. The molecule has 0 atom stereocenters. The van der Waals surface area contributed by atoms with E-state index in [1.807, 2.05) is 0 Å². The van der Waals surface area contributed by atoms with Crippen molar-refractivity contribution >= 4 is 22.5 Å². The van der Waals surface area contributed by atoms with Gasteiger partial charge in [0.2, 0.25) is 0 Å². The Balaban J connectivity index is 2.43. The van der Waals surface area contributed by atoms with Gasteiger partial charge in [-0.3, -0.25) is 0 Å². The standard InChI is InChI=1S/C15H8ClF4N/c16-11-4-2-1-3-9(11)13-10-7-8(17)5-6-12(10)21-14(13)15(18,19)20/h1-7,21H. The molecule has 3 aromatic rings. The molecule has 0 fully saturated rings. The van der Waals surface area contributed by atoms with Crippen LogP contribution in [0.2, 0.25) is 5.02 Å². The molecule has 3 rings (SSSR count). The summed E-state index contributed by atoms with van der Waals surface area (Å²) < 4.78 is 53.1. The molecule has 2 aromatic carbocycles. The Morgan fingerprint density at radius 2 is 1.71 bits per heavy atom. The Kier molecular flexibility index (Phi) is 3.17. The van der Waals surface area contributed by atoms with Crippen LogP contribution in [-0.2, 0) is 6.18 Å². The first-order valence-corrected chi connectivity index (χ1v) is 6.39. The lowest BCUT2D eigenvalue weighted by Crippen LogP contribution is -2.07. The van der Waals surface area contributed by atoms with Crippen molar-refractivity contribution in [2.75, 3.05) is 0 Å². The number of aromatic nitrogens is 1. The van der Waals surface area contributed by atoms with Crippen LogP contribution in [0.5, 0.6) is 0 Å². The molecule has 0 saturated carbocycles. The van der Waals surface area contributed by atoms with Crippen LogP contribution in [0.1, 0.15) is 5.69 Å². The largest absolute Gasteiger partial charge is 0.431 e. The van der Waals surface area contributed by atoms with E-state index < -0.39 is 17.7 Å². The first-order valence-electron chi connectivity index (χ1n) is 6.01. The fraction of sp³-hybridized carbons (Fsp3) is 0.0667. The second-order valence-corrected chi connectivity index (χ2v) is 4.95. The number of benzene rings is 2. The molecule has 21 heavy (non-hydrogen) atoms. The Morgan fingerprint density at radius 3 is 2.38 bits per heavy atom. The zero-order valence-electron chi connectivity index (χ0n) is 10.4. The van der Waals surface area contributed by atoms with Gasteiger partial charge >= 0.3 is 6.18 Å². The van der Waals surface area contributed by atoms with Gasteiger partial charge in [0.25, 0.3) is 0 Å². The summed E-state index contributed by atoms with van der Waals surface area (Å²) in [5, 5.41) is 0.323. The molecule has 6 heteroatoms. The van der Waals surface area contributed by atoms with Gasteiger partial charge in [0, 0.05) is 27.1 Å². The predicted octanol–water partition coefficient (Wildman–Crippen LogP) is 5.65. The third-order valence-corrected chi connectivity index (χ3v) is 3.52. The molecular weight excluding hydrogens is 306 g/mol. The second-order valence-electron chi connectivity index (χ2n) is 4.54. The third kappa shape index (κ3) is 2.38. The molecule has 0 saturated heterocycles. The monoisotopic (exact) mass is 313 g/mol. The Hall–Kier alpha value is -2.01. The van der Waals surface area contributed by atoms with Crippen LogP contribution in [-0.4, -0.2) is 4.98 Å². The van der Waals surface area contributed by atoms with E-state index in [9.17, 15) is 17.6 Å². The summed E-state index contributed by atoms with van der Waals surface area (Å²) in [5.74, 6) is -0.608. The number of alkyl halides is 3. The van der Waals surface area contributed by atoms with Gasteiger partial charge in [0.1, 0.15) is 11.5 Å². The fourth-order valence-electron chi connectivity index (χ4n) is 2.32. The van der Waals surface area contributed by atoms with Gasteiger partial charge in [-0.1, -0.05) is 29.8 Å². The topological polar surface area (TPSA) is 15.8 Å². The van der Waals surface area contributed by atoms with Gasteiger partial charge in [0.05, 0.1) is 0 Å². The van der Waals surface area contributed by atoms with Crippen LogP contribution >= 0.6 is 11.6 Å². The highest BCUT2D eigenvalue weighted by Crippen LogP contribution is 2.43. The fourth-order valence-corrected chi connectivity index (χ4v) is 2.55. The van der Waals surface area contributed by atoms with E-state index in [0.29, 0.717) is 0 Å². The summed E-state index contributed by atoms with van der Waals surface area (Å²) in [4.78, 5) is 2.31. The van der Waals surface area contributed by atoms with Gasteiger partial charge in [-0.05, 0) is 24.3 Å². The van der Waals surface area contributed by atoms with Crippen molar-refractivity contribution in [1.29, 1.82) is 0 Å². The van der Waals surface area contributed by atoms with Gasteiger partial charge in [0.15, 0.2) is 0 Å². The molecule has 1 aromatic heterocycles. The maximum absolute atomic E-state index is 13.4. The van der Waals surface area contributed by atoms with Crippen molar-refractivity contribution in [3.63, 3.8) is 0 Å². The van der Waals surface area contributed by atoms with Crippen LogP contribution in [0.15, 0.2) is 42.5 Å². The molecule has 0 radical (unpaired) electrons. The molecule has 108 valence electrons. The van der Waals surface area contributed by atoms with Crippen molar-refractivity contribution in [3.05, 3.63) is 59.0 Å². The van der Waals surface area contributed by atoms with Crippen LogP contribution in [0.25, 0.3) is 22.0 Å². The van der Waals surface area contributed by atoms with Crippen molar-refractivity contribution < 1.29 is 17.6 Å². The van der Waals surface area contributed by atoms with Crippen molar-refractivity contribution in [3.8, 4) is 11.1 Å². The normalized spacial score (nSPS) is 12.0. The van der Waals surface area contributed by atoms with E-state index in [-0.39, 0.29) is 27.1 Å². The van der Waals surface area contributed by atoms with E-state index in [2.05, 4.69) is 4.98 Å². The third-order valence-electron chi connectivity index (χ3n) is 3.19. The average Bonchev–Trinajstić information content (AvgIpc) is 2.78. The number of fused-ring (bicyclic) bond motifs is 1. The van der Waals surface area contributed by atoms with Gasteiger partial charge < -0.3 is 4.98 Å². The molecule has 0 amide bonds. The van der Waals surface area contributed by atoms with Gasteiger partial charge in [-0.15, -0.1) is 0 Å². The minimum Gasteiger partial charge on any atom is -0.350 e. The predicted molar refractivity (Wildman–Crippen MR) is 73.7 cm³/mol. The first kappa shape index (κ1) is 13.9. The lowest BCUT2D eigenvalue weighted by Gasteiger charge is -2.10. The summed E-state index contributed by atoms with van der Waals surface area (Å²) in [7, 11) is 0. The van der Waals surface area contributed by atoms with Gasteiger partial charge in [-0.2, -0.15) is 13.2 Å². The molecule has 1 nitrogen and oxygen atoms in total. The summed E-state index contributed by atoms with van der Waals surface area (Å²) in [6.45, 7) is 0. The number of rotatable bonds is 1. The summed E-state index contributed by atoms with van der Waals surface area (Å²) in [5.41, 5.74) is -0.652. The van der Waals surface area contributed by atoms with Crippen LogP contribution in [0, 0.1) is 5.82 Å². The van der Waals surface area contributed by atoms with Crippen LogP contribution < -0.4 is 0 Å². The SMILES string of the molecule is Fc1ccc2[nH]c(C(F)(F)F)c(-c3ccccc3Cl)c2c1. The van der Waals surface area contributed by atoms with Crippen molar-refractivity contribution in [1.82, 2.24) is 4.98 Å². The highest BCUT2D eigenvalue weighted by Gasteiger charge is 2.37. The highest BCUT2D eigenvalue weighted by atomic mass is 35.5. The number of halogens is 5. The Labute approximate surface area is 122 Å². The number of H-pyrrole nitrogens is 1. The summed E-state index contributed by atoms with van der Waals surface area (Å²) >= 11 is 6.00. The van der Waals surface area contributed by atoms with E-state index in [0.717, 1.165) is 12.1 Å². The molecule has 1 N–H and O–H groups in total. The molecule has 1 heterocycles. The van der Waals surface area contributed by atoms with Crippen molar-refractivity contribution in [2.24, 2.45) is 0 Å². The van der Waals surface area contributed by atoms with Crippen LogP contribution in [0.4, 0.5) is 17.6 Å². The molecule has 0 aliphatic heterocycles. The highest BCUT2D eigenvalue weighted by molar-refractivity contribution is 6.33. The Morgan fingerprint density at radius 1 is 1.00 bits per heavy atom. The molecule has 0 bridgehead atoms. The van der Waals surface area contributed by atoms with Crippen molar-refractivity contribution in [2.45, 2.75) is 6.18 Å². The molecule has 0 unspecified atom stereocenters. The molecular formula is C15H8ClF4N. The van der Waals surface area contributed by atoms with E-state index >= 15 is 0 Å². The number of hydrogen-bond acceptors (Lipinski definition) is 0. The Bertz CT molecular complexity index is 820. The minimum absolute atomic E-state index is 0.136. The summed E-state index contributed by atoms with van der Waals surface area (Å²) in [6, 6.07) is 9.63. The van der Waals surface area contributed by atoms with Crippen LogP contribution in [0.3, 0.4) is 0 Å². The van der Waals surface area contributed by atoms with E-state index in [4.69, 9.17) is 11.6 Å². The zero-order valence-corrected chi connectivity index (χ0v) is 11.2. The smallest absolute Gasteiger partial charge is 0.350 e. The first-order chi connectivity index (χ1) is 9.88. The number of hydrogen-bond donors (Lipinski definition) is 1. The lowest BCUT2D eigenvalue weighted by molar-refractivity contribution is -0.140. The van der Waals surface area contributed by atoms with E-state index in [1.54, 1.807) is 12.1 Å². The molecule has 0 spiro atoms. The zero-order chi connectivity index (χ0) is 15.2. The quantitative estimate of drug-likeness (QED) is 0.559. The molecule has 0 aliphatic rings. The number of nitrogens with one attached hydrogen (secondary N) is 1. The van der Waals surface area contributed by atoms with Gasteiger partial charge in [-0.25, -0.2) is 4.39 Å². The minimum atomic E-state index is -4.59. The average molecular weight is 314 g/mol. The maximum atomic E-state index is 13.4. The summed E-state index contributed by atoms with van der Waals surface area (Å²) in [6.07, 6.45) is -4.59.